The molecular formula is C22H21ClN10O3. The van der Waals surface area contributed by atoms with Gasteiger partial charge >= 0.3 is 6.09 Å². The van der Waals surface area contributed by atoms with Crippen molar-refractivity contribution >= 4 is 46.5 Å². The number of anilines is 4. The van der Waals surface area contributed by atoms with Gasteiger partial charge in [-0.05, 0) is 31.4 Å². The summed E-state index contributed by atoms with van der Waals surface area (Å²) < 4.78 is 1.39. The van der Waals surface area contributed by atoms with E-state index >= 15 is 0 Å². The number of halogens is 1. The van der Waals surface area contributed by atoms with Crippen molar-refractivity contribution in [1.82, 2.24) is 24.9 Å². The molecule has 5 rings (SSSR count). The molecule has 2 atom stereocenters. The molecular weight excluding hydrogens is 488 g/mol. The summed E-state index contributed by atoms with van der Waals surface area (Å²) in [4.78, 5) is 21.5. The molecule has 2 aliphatic rings. The molecule has 3 heterocycles. The van der Waals surface area contributed by atoms with E-state index in [2.05, 4.69) is 43.2 Å². The predicted molar refractivity (Wildman–Crippen MR) is 129 cm³/mol. The Bertz CT molecular complexity index is 1420. The zero-order valence-electron chi connectivity index (χ0n) is 18.8. The molecule has 0 radical (unpaired) electrons. The number of nitriles is 2. The molecule has 2 aromatic heterocycles. The molecule has 184 valence electrons. The first kappa shape index (κ1) is 23.4. The molecule has 13 nitrogen and oxygen atoms in total. The number of nitrogens with zero attached hydrogens (tertiary/aromatic N) is 7. The fourth-order valence-corrected chi connectivity index (χ4v) is 4.40. The van der Waals surface area contributed by atoms with Gasteiger partial charge in [0.2, 0.25) is 5.95 Å². The number of amides is 1. The molecule has 1 saturated heterocycles. The van der Waals surface area contributed by atoms with Crippen molar-refractivity contribution in [3.63, 3.8) is 0 Å². The third kappa shape index (κ3) is 4.62. The molecule has 0 bridgehead atoms. The van der Waals surface area contributed by atoms with Crippen LogP contribution in [0.4, 0.5) is 27.9 Å². The van der Waals surface area contributed by atoms with Crippen LogP contribution in [0.3, 0.4) is 0 Å². The van der Waals surface area contributed by atoms with Crippen LogP contribution >= 0.6 is 11.6 Å². The van der Waals surface area contributed by atoms with Crippen molar-refractivity contribution in [2.75, 3.05) is 28.6 Å². The topological polar surface area (TPSA) is 188 Å². The number of benzene rings is 1. The molecule has 5 N–H and O–H groups in total. The Morgan fingerprint density at radius 1 is 1.22 bits per heavy atom. The maximum atomic E-state index is 11.0. The first-order valence-electron chi connectivity index (χ1n) is 11.2. The lowest BCUT2D eigenvalue weighted by molar-refractivity contribution is 0.108. The number of aliphatic hydroxyl groups excluding tert-OH is 1. The Kier molecular flexibility index (Phi) is 6.10. The summed E-state index contributed by atoms with van der Waals surface area (Å²) in [6.45, 7) is 0.534. The molecule has 1 aliphatic heterocycles. The summed E-state index contributed by atoms with van der Waals surface area (Å²) in [5.41, 5.74) is 1.84. The van der Waals surface area contributed by atoms with Gasteiger partial charge in [0.25, 0.3) is 0 Å². The summed E-state index contributed by atoms with van der Waals surface area (Å²) >= 11 is 6.73. The SMILES string of the molecule is N#Cc1cc(Nc2nc(NC3CC3)c3ncc(C#N)n3n2)c(Cl)c(N2CCC(NC(=O)O)C(O)C2)c1. The van der Waals surface area contributed by atoms with E-state index in [1.165, 1.54) is 10.7 Å². The maximum Gasteiger partial charge on any atom is 0.404 e. The lowest BCUT2D eigenvalue weighted by Crippen LogP contribution is -2.54. The molecule has 36 heavy (non-hydrogen) atoms. The van der Waals surface area contributed by atoms with E-state index in [4.69, 9.17) is 16.7 Å². The van der Waals surface area contributed by atoms with E-state index in [1.807, 2.05) is 0 Å². The van der Waals surface area contributed by atoms with Crippen molar-refractivity contribution in [3.05, 3.63) is 34.6 Å². The van der Waals surface area contributed by atoms with Crippen LogP contribution in [0.5, 0.6) is 0 Å². The van der Waals surface area contributed by atoms with Crippen molar-refractivity contribution in [3.8, 4) is 12.1 Å². The van der Waals surface area contributed by atoms with Crippen LogP contribution in [0.1, 0.15) is 30.5 Å². The molecule has 0 spiro atoms. The van der Waals surface area contributed by atoms with E-state index < -0.39 is 18.2 Å². The number of aromatic nitrogens is 4. The van der Waals surface area contributed by atoms with Crippen molar-refractivity contribution < 1.29 is 15.0 Å². The minimum Gasteiger partial charge on any atom is -0.465 e. The smallest absolute Gasteiger partial charge is 0.404 e. The monoisotopic (exact) mass is 508 g/mol. The number of nitrogens with one attached hydrogen (secondary N) is 3. The van der Waals surface area contributed by atoms with E-state index in [-0.39, 0.29) is 29.3 Å². The molecule has 2 fully saturated rings. The highest BCUT2D eigenvalue weighted by molar-refractivity contribution is 6.36. The average Bonchev–Trinajstić information content (AvgIpc) is 3.57. The Balaban J connectivity index is 1.48. The molecule has 14 heteroatoms. The standard InChI is InChI=1S/C22H21ClN10O3/c23-18-15(5-11(7-24)6-16(18)32-4-3-14(17(34)10-32)29-22(35)36)28-21-30-19(27-12-1-2-12)20-26-9-13(8-25)33(20)31-21/h5-6,9,12,14,17,29,34H,1-4,10H2,(H,35,36)(H2,27,28,30,31). The maximum absolute atomic E-state index is 11.0. The second-order valence-corrected chi connectivity index (χ2v) is 9.02. The van der Waals surface area contributed by atoms with Crippen LogP contribution in [0.2, 0.25) is 5.02 Å². The number of imidazole rings is 1. The highest BCUT2D eigenvalue weighted by Gasteiger charge is 2.31. The van der Waals surface area contributed by atoms with Crippen LogP contribution < -0.4 is 20.9 Å². The number of piperidine rings is 1. The summed E-state index contributed by atoms with van der Waals surface area (Å²) in [6, 6.07) is 7.00. The zero-order valence-corrected chi connectivity index (χ0v) is 19.6. The van der Waals surface area contributed by atoms with Gasteiger partial charge in [0.15, 0.2) is 17.2 Å². The zero-order chi connectivity index (χ0) is 25.4. The Morgan fingerprint density at radius 3 is 2.69 bits per heavy atom. The molecule has 1 amide bonds. The quantitative estimate of drug-likeness (QED) is 0.327. The lowest BCUT2D eigenvalue weighted by Gasteiger charge is -2.37. The summed E-state index contributed by atoms with van der Waals surface area (Å²) in [7, 11) is 0. The number of hydrogen-bond donors (Lipinski definition) is 5. The van der Waals surface area contributed by atoms with Gasteiger partial charge in [-0.3, -0.25) is 0 Å². The first-order chi connectivity index (χ1) is 17.4. The predicted octanol–water partition coefficient (Wildman–Crippen LogP) is 2.05. The van der Waals surface area contributed by atoms with Gasteiger partial charge in [-0.2, -0.15) is 20.0 Å². The van der Waals surface area contributed by atoms with E-state index in [0.717, 1.165) is 12.8 Å². The van der Waals surface area contributed by atoms with Crippen LogP contribution in [-0.4, -0.2) is 67.2 Å². The summed E-state index contributed by atoms with van der Waals surface area (Å²) in [5, 5.41) is 51.8. The first-order valence-corrected chi connectivity index (χ1v) is 11.6. The molecule has 2 unspecified atom stereocenters. The Hall–Kier alpha value is -4.33. The Morgan fingerprint density at radius 2 is 2.03 bits per heavy atom. The van der Waals surface area contributed by atoms with Gasteiger partial charge in [0.1, 0.15) is 6.07 Å². The van der Waals surface area contributed by atoms with E-state index in [9.17, 15) is 20.4 Å². The van der Waals surface area contributed by atoms with Crippen LogP contribution in [0, 0.1) is 22.7 Å². The minimum atomic E-state index is -1.20. The molecule has 1 aliphatic carbocycles. The van der Waals surface area contributed by atoms with Crippen molar-refractivity contribution in [2.24, 2.45) is 0 Å². The highest BCUT2D eigenvalue weighted by atomic mass is 35.5. The van der Waals surface area contributed by atoms with Crippen LogP contribution in [-0.2, 0) is 0 Å². The average molecular weight is 509 g/mol. The fraction of sp³-hybridized carbons (Fsp3) is 0.364. The largest absolute Gasteiger partial charge is 0.465 e. The number of fused-ring (bicyclic) bond motifs is 1. The van der Waals surface area contributed by atoms with E-state index in [0.29, 0.717) is 41.4 Å². The number of carbonyl (C=O) groups is 1. The Labute approximate surface area is 209 Å². The van der Waals surface area contributed by atoms with Gasteiger partial charge in [0.05, 0.1) is 46.4 Å². The van der Waals surface area contributed by atoms with E-state index in [1.54, 1.807) is 17.0 Å². The number of rotatable bonds is 6. The van der Waals surface area contributed by atoms with Gasteiger partial charge in [-0.25, -0.2) is 9.78 Å². The number of aliphatic hydroxyl groups is 1. The third-order valence-corrected chi connectivity index (χ3v) is 6.45. The fourth-order valence-electron chi connectivity index (χ4n) is 4.12. The van der Waals surface area contributed by atoms with Gasteiger partial charge in [-0.15, -0.1) is 5.10 Å². The molecule has 3 aromatic rings. The number of hydrogen-bond acceptors (Lipinski definition) is 10. The van der Waals surface area contributed by atoms with Gasteiger partial charge < -0.3 is 31.1 Å². The normalized spacial score (nSPS) is 19.4. The van der Waals surface area contributed by atoms with Crippen LogP contribution in [0.15, 0.2) is 18.3 Å². The highest BCUT2D eigenvalue weighted by Crippen LogP contribution is 2.37. The van der Waals surface area contributed by atoms with Crippen LogP contribution in [0.25, 0.3) is 5.65 Å². The molecule has 1 aromatic carbocycles. The summed E-state index contributed by atoms with van der Waals surface area (Å²) in [5.74, 6) is 0.618. The minimum absolute atomic E-state index is 0.122. The number of carboxylic acid groups (broad SMARTS) is 1. The van der Waals surface area contributed by atoms with Gasteiger partial charge in [-0.1, -0.05) is 11.6 Å². The second-order valence-electron chi connectivity index (χ2n) is 8.65. The summed E-state index contributed by atoms with van der Waals surface area (Å²) in [6.07, 6.45) is 1.63. The van der Waals surface area contributed by atoms with Gasteiger partial charge in [0, 0.05) is 19.1 Å². The van der Waals surface area contributed by atoms with Crippen molar-refractivity contribution in [1.29, 1.82) is 10.5 Å². The second kappa shape index (κ2) is 9.37. The lowest BCUT2D eigenvalue weighted by atomic mass is 10.0. The molecule has 1 saturated carbocycles. The van der Waals surface area contributed by atoms with Crippen molar-refractivity contribution in [2.45, 2.75) is 37.5 Å². The third-order valence-electron chi connectivity index (χ3n) is 6.06. The number of β-amino-alcohol motifs (C(OH)–C–C–N with tert-alkyl or cyclic N) is 1.